The highest BCUT2D eigenvalue weighted by Gasteiger charge is 2.07. The first kappa shape index (κ1) is 12.5. The number of anilines is 1. The molecule has 1 rings (SSSR count). The van der Waals surface area contributed by atoms with Crippen molar-refractivity contribution in [1.29, 1.82) is 0 Å². The van der Waals surface area contributed by atoms with Crippen LogP contribution in [0.2, 0.25) is 0 Å². The number of hydrogen-bond acceptors (Lipinski definition) is 1. The molecule has 0 saturated heterocycles. The van der Waals surface area contributed by atoms with Crippen molar-refractivity contribution in [2.45, 2.75) is 33.6 Å². The Kier molecular flexibility index (Phi) is 3.88. The van der Waals surface area contributed by atoms with Gasteiger partial charge in [-0.25, -0.2) is 0 Å². The Balaban J connectivity index is 3.19. The lowest BCUT2D eigenvalue weighted by Gasteiger charge is -2.13. The van der Waals surface area contributed by atoms with E-state index in [0.29, 0.717) is 5.92 Å². The summed E-state index contributed by atoms with van der Waals surface area (Å²) in [6.45, 7) is 11.7. The standard InChI is InChI=1S/C14H19NO/c1-9(2)12-6-7-14(15-11(5)16)13(8-12)10(3)4/h6-9H,3H2,1-2,4-5H3,(H,15,16). The number of carbonyl (C=O) groups excluding carboxylic acids is 1. The monoisotopic (exact) mass is 217 g/mol. The maximum absolute atomic E-state index is 11.1. The Morgan fingerprint density at radius 3 is 2.38 bits per heavy atom. The van der Waals surface area contributed by atoms with Gasteiger partial charge in [-0.3, -0.25) is 4.79 Å². The number of benzene rings is 1. The summed E-state index contributed by atoms with van der Waals surface area (Å²) in [7, 11) is 0. The molecular formula is C14H19NO. The summed E-state index contributed by atoms with van der Waals surface area (Å²) >= 11 is 0. The summed E-state index contributed by atoms with van der Waals surface area (Å²) in [6, 6.07) is 6.08. The van der Waals surface area contributed by atoms with Gasteiger partial charge in [-0.2, -0.15) is 0 Å². The van der Waals surface area contributed by atoms with E-state index in [4.69, 9.17) is 0 Å². The van der Waals surface area contributed by atoms with Gasteiger partial charge in [0.15, 0.2) is 0 Å². The van der Waals surface area contributed by atoms with Gasteiger partial charge >= 0.3 is 0 Å². The number of rotatable bonds is 3. The van der Waals surface area contributed by atoms with E-state index < -0.39 is 0 Å². The fraction of sp³-hybridized carbons (Fsp3) is 0.357. The third kappa shape index (κ3) is 2.96. The summed E-state index contributed by atoms with van der Waals surface area (Å²) in [6.07, 6.45) is 0. The fourth-order valence-corrected chi connectivity index (χ4v) is 1.57. The van der Waals surface area contributed by atoms with Gasteiger partial charge in [-0.1, -0.05) is 26.5 Å². The van der Waals surface area contributed by atoms with Crippen molar-refractivity contribution in [2.24, 2.45) is 0 Å². The van der Waals surface area contributed by atoms with Crippen molar-refractivity contribution in [1.82, 2.24) is 0 Å². The van der Waals surface area contributed by atoms with Crippen LogP contribution < -0.4 is 5.32 Å². The van der Waals surface area contributed by atoms with Crippen molar-refractivity contribution in [3.8, 4) is 0 Å². The Morgan fingerprint density at radius 2 is 1.94 bits per heavy atom. The van der Waals surface area contributed by atoms with Crippen LogP contribution in [0.4, 0.5) is 5.69 Å². The second-order valence-electron chi connectivity index (χ2n) is 4.42. The quantitative estimate of drug-likeness (QED) is 0.819. The number of amides is 1. The molecule has 2 nitrogen and oxygen atoms in total. The molecule has 0 aliphatic carbocycles. The molecule has 1 aromatic rings. The SMILES string of the molecule is C=C(C)c1cc(C(C)C)ccc1NC(C)=O. The third-order valence-corrected chi connectivity index (χ3v) is 2.48. The highest BCUT2D eigenvalue weighted by Crippen LogP contribution is 2.27. The maximum Gasteiger partial charge on any atom is 0.221 e. The zero-order chi connectivity index (χ0) is 12.3. The van der Waals surface area contributed by atoms with Crippen LogP contribution in [0.15, 0.2) is 24.8 Å². The predicted octanol–water partition coefficient (Wildman–Crippen LogP) is 3.80. The zero-order valence-electron chi connectivity index (χ0n) is 10.4. The van der Waals surface area contributed by atoms with E-state index in [2.05, 4.69) is 31.8 Å². The van der Waals surface area contributed by atoms with Crippen molar-refractivity contribution < 1.29 is 4.79 Å². The molecule has 0 atom stereocenters. The average molecular weight is 217 g/mol. The van der Waals surface area contributed by atoms with Gasteiger partial charge in [0.1, 0.15) is 0 Å². The van der Waals surface area contributed by atoms with Crippen molar-refractivity contribution in [2.75, 3.05) is 5.32 Å². The van der Waals surface area contributed by atoms with Crippen molar-refractivity contribution in [3.63, 3.8) is 0 Å². The van der Waals surface area contributed by atoms with E-state index in [0.717, 1.165) is 16.8 Å². The van der Waals surface area contributed by atoms with E-state index in [1.807, 2.05) is 19.1 Å². The van der Waals surface area contributed by atoms with Crippen LogP contribution >= 0.6 is 0 Å². The average Bonchev–Trinajstić information content (AvgIpc) is 2.16. The van der Waals surface area contributed by atoms with E-state index in [1.165, 1.54) is 12.5 Å². The van der Waals surface area contributed by atoms with Gasteiger partial charge in [-0.05, 0) is 36.1 Å². The van der Waals surface area contributed by atoms with E-state index in [9.17, 15) is 4.79 Å². The lowest BCUT2D eigenvalue weighted by Crippen LogP contribution is -2.08. The Bertz CT molecular complexity index is 419. The second-order valence-corrected chi connectivity index (χ2v) is 4.42. The van der Waals surface area contributed by atoms with Crippen LogP contribution in [-0.2, 0) is 4.79 Å². The first-order valence-electron chi connectivity index (χ1n) is 5.49. The summed E-state index contributed by atoms with van der Waals surface area (Å²) < 4.78 is 0. The molecule has 0 heterocycles. The summed E-state index contributed by atoms with van der Waals surface area (Å²) in [5.41, 5.74) is 4.07. The molecule has 1 aromatic carbocycles. The summed E-state index contributed by atoms with van der Waals surface area (Å²) in [4.78, 5) is 11.1. The van der Waals surface area contributed by atoms with Gasteiger partial charge in [0.2, 0.25) is 5.91 Å². The molecule has 0 fully saturated rings. The second kappa shape index (κ2) is 4.97. The van der Waals surface area contributed by atoms with Crippen LogP contribution in [-0.4, -0.2) is 5.91 Å². The minimum Gasteiger partial charge on any atom is -0.326 e. The van der Waals surface area contributed by atoms with E-state index in [1.54, 1.807) is 0 Å². The molecule has 0 unspecified atom stereocenters. The zero-order valence-corrected chi connectivity index (χ0v) is 10.4. The minimum atomic E-state index is -0.0557. The van der Waals surface area contributed by atoms with E-state index >= 15 is 0 Å². The molecule has 0 radical (unpaired) electrons. The lowest BCUT2D eigenvalue weighted by molar-refractivity contribution is -0.114. The molecule has 86 valence electrons. The van der Waals surface area contributed by atoms with Crippen molar-refractivity contribution >= 4 is 17.2 Å². The summed E-state index contributed by atoms with van der Waals surface area (Å²) in [5.74, 6) is 0.421. The van der Waals surface area contributed by atoms with Crippen LogP contribution in [0.3, 0.4) is 0 Å². The van der Waals surface area contributed by atoms with Gasteiger partial charge in [0.25, 0.3) is 0 Å². The molecule has 0 spiro atoms. The molecule has 0 aliphatic rings. The van der Waals surface area contributed by atoms with Gasteiger partial charge < -0.3 is 5.32 Å². The van der Waals surface area contributed by atoms with Crippen LogP contribution in [0.5, 0.6) is 0 Å². The molecule has 0 bridgehead atoms. The molecule has 2 heteroatoms. The molecule has 0 aromatic heterocycles. The van der Waals surface area contributed by atoms with Crippen LogP contribution in [0.25, 0.3) is 5.57 Å². The van der Waals surface area contributed by atoms with Gasteiger partial charge in [0, 0.05) is 18.2 Å². The van der Waals surface area contributed by atoms with Crippen molar-refractivity contribution in [3.05, 3.63) is 35.9 Å². The Morgan fingerprint density at radius 1 is 1.31 bits per heavy atom. The largest absolute Gasteiger partial charge is 0.326 e. The van der Waals surface area contributed by atoms with Gasteiger partial charge in [0.05, 0.1) is 0 Å². The Hall–Kier alpha value is -1.57. The first-order chi connectivity index (χ1) is 7.41. The molecular weight excluding hydrogens is 198 g/mol. The smallest absolute Gasteiger partial charge is 0.221 e. The minimum absolute atomic E-state index is 0.0557. The predicted molar refractivity (Wildman–Crippen MR) is 69.5 cm³/mol. The first-order valence-corrected chi connectivity index (χ1v) is 5.49. The lowest BCUT2D eigenvalue weighted by atomic mass is 9.97. The van der Waals surface area contributed by atoms with E-state index in [-0.39, 0.29) is 5.91 Å². The molecule has 0 aliphatic heterocycles. The normalized spacial score (nSPS) is 10.3. The highest BCUT2D eigenvalue weighted by molar-refractivity contribution is 5.92. The highest BCUT2D eigenvalue weighted by atomic mass is 16.1. The fourth-order valence-electron chi connectivity index (χ4n) is 1.57. The number of nitrogens with one attached hydrogen (secondary N) is 1. The third-order valence-electron chi connectivity index (χ3n) is 2.48. The van der Waals surface area contributed by atoms with Crippen LogP contribution in [0.1, 0.15) is 44.7 Å². The van der Waals surface area contributed by atoms with Gasteiger partial charge in [-0.15, -0.1) is 0 Å². The molecule has 1 N–H and O–H groups in total. The molecule has 0 saturated carbocycles. The number of carbonyl (C=O) groups is 1. The van der Waals surface area contributed by atoms with Crippen LogP contribution in [0, 0.1) is 0 Å². The summed E-state index contributed by atoms with van der Waals surface area (Å²) in [5, 5.41) is 2.82. The molecule has 1 amide bonds. The maximum atomic E-state index is 11.1. The number of allylic oxidation sites excluding steroid dienone is 1. The topological polar surface area (TPSA) is 29.1 Å². The molecule has 16 heavy (non-hydrogen) atoms. The Labute approximate surface area is 97.4 Å². The number of hydrogen-bond donors (Lipinski definition) is 1.